The number of carbonyl (C=O) groups is 2. The second-order valence-corrected chi connectivity index (χ2v) is 10.8. The van der Waals surface area contributed by atoms with Crippen LogP contribution in [-0.2, 0) is 6.54 Å². The molecule has 0 aliphatic carbocycles. The number of hydrogen-bond donors (Lipinski definition) is 0. The van der Waals surface area contributed by atoms with E-state index in [4.69, 9.17) is 16.3 Å². The summed E-state index contributed by atoms with van der Waals surface area (Å²) in [6, 6.07) is 24.3. The summed E-state index contributed by atoms with van der Waals surface area (Å²) in [7, 11) is 0. The summed E-state index contributed by atoms with van der Waals surface area (Å²) >= 11 is 8.92. The number of Topliss-reactive ketones (excluding diaryl/α,β-unsaturated/α-hetero) is 1. The molecule has 0 unspecified atom stereocenters. The van der Waals surface area contributed by atoms with Crippen LogP contribution < -0.4 is 4.74 Å². The van der Waals surface area contributed by atoms with Crippen molar-refractivity contribution in [3.63, 3.8) is 0 Å². The fraction of sp³-hybridized carbons (Fsp3) is 0.0714. The first kappa shape index (κ1) is 22.2. The second kappa shape index (κ2) is 9.04. The summed E-state index contributed by atoms with van der Waals surface area (Å²) in [5.41, 5.74) is 3.15. The highest BCUT2D eigenvalue weighted by Crippen LogP contribution is 2.48. The Morgan fingerprint density at radius 3 is 2.60 bits per heavy atom. The molecule has 7 heteroatoms. The molecular formula is C28H18ClNO3S2. The zero-order valence-electron chi connectivity index (χ0n) is 18.3. The fourth-order valence-electron chi connectivity index (χ4n) is 4.30. The van der Waals surface area contributed by atoms with Crippen LogP contribution in [0.2, 0.25) is 5.02 Å². The molecule has 0 radical (unpaired) electrons. The number of carbonyl (C=O) groups excluding carboxylic acids is 2. The minimum absolute atomic E-state index is 0.00418. The molecule has 3 heterocycles. The quantitative estimate of drug-likeness (QED) is 0.261. The van der Waals surface area contributed by atoms with Crippen molar-refractivity contribution in [2.45, 2.75) is 11.9 Å². The molecule has 0 N–H and O–H groups in total. The molecular weight excluding hydrogens is 498 g/mol. The van der Waals surface area contributed by atoms with Gasteiger partial charge in [0.2, 0.25) is 5.78 Å². The molecule has 0 spiro atoms. The molecule has 1 aromatic heterocycles. The van der Waals surface area contributed by atoms with Gasteiger partial charge in [0, 0.05) is 21.0 Å². The molecule has 0 bridgehead atoms. The summed E-state index contributed by atoms with van der Waals surface area (Å²) in [4.78, 5) is 30.2. The number of allylic oxidation sites excluding steroid dienone is 1. The van der Waals surface area contributed by atoms with E-state index in [2.05, 4.69) is 0 Å². The van der Waals surface area contributed by atoms with Gasteiger partial charge in [0.25, 0.3) is 5.91 Å². The molecule has 2 aliphatic heterocycles. The number of nitrogens with zero attached hydrogens (tertiary/aromatic N) is 1. The zero-order chi connectivity index (χ0) is 23.9. The van der Waals surface area contributed by atoms with Gasteiger partial charge in [-0.3, -0.25) is 9.59 Å². The minimum Gasteiger partial charge on any atom is -0.457 e. The van der Waals surface area contributed by atoms with Crippen molar-refractivity contribution in [2.24, 2.45) is 0 Å². The molecule has 0 saturated heterocycles. The van der Waals surface area contributed by atoms with Crippen LogP contribution >= 0.6 is 34.7 Å². The molecule has 35 heavy (non-hydrogen) atoms. The Bertz CT molecular complexity index is 1490. The van der Waals surface area contributed by atoms with E-state index in [1.165, 1.54) is 23.1 Å². The Labute approximate surface area is 215 Å². The van der Waals surface area contributed by atoms with Gasteiger partial charge in [-0.2, -0.15) is 0 Å². The lowest BCUT2D eigenvalue weighted by Gasteiger charge is -2.28. The molecule has 4 aromatic rings. The maximum absolute atomic E-state index is 13.6. The van der Waals surface area contributed by atoms with E-state index < -0.39 is 0 Å². The summed E-state index contributed by atoms with van der Waals surface area (Å²) in [5, 5.41) is 2.31. The Hall–Kier alpha value is -3.32. The standard InChI is InChI=1S/C28H18ClNO3S2/c29-18-8-10-19(11-9-18)33-20-5-3-4-17(14-20)15-24-26(31)23-12-13-34-25(23)16-30-27(32)21-6-1-2-7-22(21)28(30)35-24/h1-15,28H,16H2/b24-15-/t28-/m1/s1. The molecule has 4 nitrogen and oxygen atoms in total. The van der Waals surface area contributed by atoms with Crippen LogP contribution in [0.4, 0.5) is 0 Å². The maximum atomic E-state index is 13.6. The van der Waals surface area contributed by atoms with Crippen LogP contribution in [-0.4, -0.2) is 16.6 Å². The number of amides is 1. The van der Waals surface area contributed by atoms with E-state index >= 15 is 0 Å². The zero-order valence-corrected chi connectivity index (χ0v) is 20.7. The first-order valence-corrected chi connectivity index (χ1v) is 13.1. The van der Waals surface area contributed by atoms with Crippen molar-refractivity contribution in [1.82, 2.24) is 4.90 Å². The van der Waals surface area contributed by atoms with Crippen molar-refractivity contribution in [2.75, 3.05) is 0 Å². The SMILES string of the molecule is O=C1/C(=C/c2cccc(Oc3ccc(Cl)cc3)c2)S[C@@H]2c3ccccc3C(=O)N2Cc2sccc21. The summed E-state index contributed by atoms with van der Waals surface area (Å²) in [6.45, 7) is 0.432. The number of rotatable bonds is 3. The van der Waals surface area contributed by atoms with Crippen molar-refractivity contribution < 1.29 is 14.3 Å². The van der Waals surface area contributed by atoms with E-state index in [1.807, 2.05) is 83.1 Å². The predicted molar refractivity (Wildman–Crippen MR) is 141 cm³/mol. The molecule has 0 saturated carbocycles. The number of thiophene rings is 1. The van der Waals surface area contributed by atoms with Gasteiger partial charge in [-0.05, 0) is 71.1 Å². The number of thioether (sulfide) groups is 1. The number of ketones is 1. The van der Waals surface area contributed by atoms with Crippen LogP contribution in [0.25, 0.3) is 6.08 Å². The Kier molecular flexibility index (Phi) is 5.72. The predicted octanol–water partition coefficient (Wildman–Crippen LogP) is 7.82. The van der Waals surface area contributed by atoms with Gasteiger partial charge in [0.05, 0.1) is 11.4 Å². The third-order valence-corrected chi connectivity index (χ3v) is 8.42. The smallest absolute Gasteiger partial charge is 0.255 e. The van der Waals surface area contributed by atoms with Gasteiger partial charge in [-0.1, -0.05) is 53.7 Å². The molecule has 2 aliphatic rings. The molecule has 0 fully saturated rings. The number of fused-ring (bicyclic) bond motifs is 4. The first-order valence-electron chi connectivity index (χ1n) is 11.0. The number of benzene rings is 3. The Morgan fingerprint density at radius 1 is 0.914 bits per heavy atom. The average Bonchev–Trinajstić information content (AvgIpc) is 3.43. The van der Waals surface area contributed by atoms with E-state index in [-0.39, 0.29) is 17.1 Å². The van der Waals surface area contributed by atoms with Gasteiger partial charge in [-0.15, -0.1) is 11.3 Å². The summed E-state index contributed by atoms with van der Waals surface area (Å²) in [5.74, 6) is 1.32. The van der Waals surface area contributed by atoms with Crippen LogP contribution in [0.3, 0.4) is 0 Å². The monoisotopic (exact) mass is 515 g/mol. The lowest BCUT2D eigenvalue weighted by molar-refractivity contribution is 0.0760. The van der Waals surface area contributed by atoms with Gasteiger partial charge in [0.15, 0.2) is 0 Å². The summed E-state index contributed by atoms with van der Waals surface area (Å²) in [6.07, 6.45) is 1.89. The van der Waals surface area contributed by atoms with Gasteiger partial charge < -0.3 is 9.64 Å². The fourth-order valence-corrected chi connectivity index (χ4v) is 6.59. The lowest BCUT2D eigenvalue weighted by atomic mass is 10.1. The van der Waals surface area contributed by atoms with Crippen molar-refractivity contribution >= 4 is 52.5 Å². The summed E-state index contributed by atoms with van der Waals surface area (Å²) < 4.78 is 5.98. The normalized spacial score (nSPS) is 18.0. The number of halogens is 1. The Morgan fingerprint density at radius 2 is 1.74 bits per heavy atom. The van der Waals surface area contributed by atoms with Crippen molar-refractivity contribution in [1.29, 1.82) is 0 Å². The van der Waals surface area contributed by atoms with Crippen molar-refractivity contribution in [3.05, 3.63) is 121 Å². The van der Waals surface area contributed by atoms with E-state index in [9.17, 15) is 9.59 Å². The van der Waals surface area contributed by atoms with Gasteiger partial charge in [0.1, 0.15) is 16.9 Å². The van der Waals surface area contributed by atoms with E-state index in [0.29, 0.717) is 39.1 Å². The number of ether oxygens (including phenoxy) is 1. The average molecular weight is 516 g/mol. The largest absolute Gasteiger partial charge is 0.457 e. The van der Waals surface area contributed by atoms with Crippen LogP contribution in [0.1, 0.15) is 42.1 Å². The highest BCUT2D eigenvalue weighted by molar-refractivity contribution is 8.04. The molecule has 1 atom stereocenters. The van der Waals surface area contributed by atoms with Crippen LogP contribution in [0.5, 0.6) is 11.5 Å². The van der Waals surface area contributed by atoms with Crippen LogP contribution in [0.15, 0.2) is 89.1 Å². The third kappa shape index (κ3) is 4.18. The molecule has 1 amide bonds. The topological polar surface area (TPSA) is 46.6 Å². The van der Waals surface area contributed by atoms with Crippen LogP contribution in [0, 0.1) is 0 Å². The minimum atomic E-state index is -0.252. The van der Waals surface area contributed by atoms with Gasteiger partial charge in [-0.25, -0.2) is 0 Å². The molecule has 6 rings (SSSR count). The Balaban J connectivity index is 1.39. The van der Waals surface area contributed by atoms with E-state index in [0.717, 1.165) is 16.0 Å². The third-order valence-electron chi connectivity index (χ3n) is 5.97. The molecule has 3 aromatic carbocycles. The van der Waals surface area contributed by atoms with E-state index in [1.54, 1.807) is 12.1 Å². The number of hydrogen-bond acceptors (Lipinski definition) is 5. The highest BCUT2D eigenvalue weighted by atomic mass is 35.5. The maximum Gasteiger partial charge on any atom is 0.255 e. The highest BCUT2D eigenvalue weighted by Gasteiger charge is 2.40. The molecule has 172 valence electrons. The van der Waals surface area contributed by atoms with Gasteiger partial charge >= 0.3 is 0 Å². The van der Waals surface area contributed by atoms with Crippen molar-refractivity contribution in [3.8, 4) is 11.5 Å². The lowest BCUT2D eigenvalue weighted by Crippen LogP contribution is -2.28. The second-order valence-electron chi connectivity index (χ2n) is 8.21. The first-order chi connectivity index (χ1) is 17.1.